The molecule has 0 saturated carbocycles. The van der Waals surface area contributed by atoms with Gasteiger partial charge in [-0.1, -0.05) is 24.3 Å². The summed E-state index contributed by atoms with van der Waals surface area (Å²) >= 11 is 6.26. The highest BCUT2D eigenvalue weighted by molar-refractivity contribution is 6.22. The standard InChI is InChI=1S/C16H13ClF4/c1-9-6-12(7-10(2)15(9)18)14(17)11-4-3-5-13(8-11)16(19,20)21/h3-8,14H,1-2H3. The molecule has 1 atom stereocenters. The van der Waals surface area contributed by atoms with Gasteiger partial charge in [-0.3, -0.25) is 0 Å². The number of alkyl halides is 4. The zero-order valence-corrected chi connectivity index (χ0v) is 12.2. The maximum atomic E-state index is 13.6. The molecule has 0 saturated heterocycles. The minimum absolute atomic E-state index is 0.327. The van der Waals surface area contributed by atoms with Gasteiger partial charge in [0.2, 0.25) is 0 Å². The first-order valence-electron chi connectivity index (χ1n) is 6.28. The minimum atomic E-state index is -4.42. The summed E-state index contributed by atoms with van der Waals surface area (Å²) in [4.78, 5) is 0. The third-order valence-electron chi connectivity index (χ3n) is 3.26. The van der Waals surface area contributed by atoms with E-state index in [4.69, 9.17) is 11.6 Å². The van der Waals surface area contributed by atoms with Crippen molar-refractivity contribution in [2.45, 2.75) is 25.4 Å². The molecule has 0 aliphatic heterocycles. The molecule has 0 fully saturated rings. The second kappa shape index (κ2) is 5.68. The summed E-state index contributed by atoms with van der Waals surface area (Å²) in [5.74, 6) is -0.327. The Hall–Kier alpha value is -1.55. The first-order valence-corrected chi connectivity index (χ1v) is 6.71. The molecule has 0 spiro atoms. The van der Waals surface area contributed by atoms with E-state index in [1.807, 2.05) is 0 Å². The zero-order chi connectivity index (χ0) is 15.8. The summed E-state index contributed by atoms with van der Waals surface area (Å²) in [5, 5.41) is -0.759. The van der Waals surface area contributed by atoms with Crippen LogP contribution in [-0.2, 0) is 6.18 Å². The normalized spacial score (nSPS) is 13.3. The zero-order valence-electron chi connectivity index (χ0n) is 11.4. The number of benzene rings is 2. The molecule has 2 rings (SSSR count). The Labute approximate surface area is 125 Å². The van der Waals surface area contributed by atoms with Gasteiger partial charge in [0, 0.05) is 0 Å². The molecule has 2 aromatic carbocycles. The molecule has 0 radical (unpaired) electrons. The Morgan fingerprint density at radius 2 is 1.52 bits per heavy atom. The fourth-order valence-corrected chi connectivity index (χ4v) is 2.45. The highest BCUT2D eigenvalue weighted by Crippen LogP contribution is 2.35. The SMILES string of the molecule is Cc1cc(C(Cl)c2cccc(C(F)(F)F)c2)cc(C)c1F. The highest BCUT2D eigenvalue weighted by atomic mass is 35.5. The molecular formula is C16H13ClF4. The number of hydrogen-bond acceptors (Lipinski definition) is 0. The van der Waals surface area contributed by atoms with Crippen LogP contribution in [0.1, 0.15) is 33.2 Å². The lowest BCUT2D eigenvalue weighted by Gasteiger charge is -2.15. The van der Waals surface area contributed by atoms with Crippen molar-refractivity contribution in [2.75, 3.05) is 0 Å². The summed E-state index contributed by atoms with van der Waals surface area (Å²) in [6.07, 6.45) is -4.42. The topological polar surface area (TPSA) is 0 Å². The Kier molecular flexibility index (Phi) is 4.28. The van der Waals surface area contributed by atoms with Crippen molar-refractivity contribution < 1.29 is 17.6 Å². The molecule has 0 heterocycles. The van der Waals surface area contributed by atoms with Crippen LogP contribution >= 0.6 is 11.6 Å². The van der Waals surface area contributed by atoms with E-state index < -0.39 is 17.1 Å². The predicted molar refractivity (Wildman–Crippen MR) is 75.0 cm³/mol. The molecule has 2 aromatic rings. The molecule has 0 aliphatic carbocycles. The molecule has 0 bridgehead atoms. The lowest BCUT2D eigenvalue weighted by Crippen LogP contribution is -2.06. The van der Waals surface area contributed by atoms with Crippen LogP contribution in [0.4, 0.5) is 17.6 Å². The molecule has 0 nitrogen and oxygen atoms in total. The molecule has 21 heavy (non-hydrogen) atoms. The maximum Gasteiger partial charge on any atom is 0.416 e. The van der Waals surface area contributed by atoms with Crippen molar-refractivity contribution in [2.24, 2.45) is 0 Å². The number of aryl methyl sites for hydroxylation is 2. The van der Waals surface area contributed by atoms with E-state index in [0.29, 0.717) is 22.3 Å². The van der Waals surface area contributed by atoms with Crippen LogP contribution in [0.3, 0.4) is 0 Å². The molecule has 0 aliphatic rings. The maximum absolute atomic E-state index is 13.6. The minimum Gasteiger partial charge on any atom is -0.206 e. The van der Waals surface area contributed by atoms with E-state index in [1.165, 1.54) is 12.1 Å². The molecule has 0 amide bonds. The van der Waals surface area contributed by atoms with Gasteiger partial charge in [0.1, 0.15) is 5.82 Å². The molecule has 5 heteroatoms. The van der Waals surface area contributed by atoms with Crippen LogP contribution in [0.25, 0.3) is 0 Å². The van der Waals surface area contributed by atoms with Crippen LogP contribution in [-0.4, -0.2) is 0 Å². The Morgan fingerprint density at radius 3 is 2.05 bits per heavy atom. The molecule has 1 unspecified atom stereocenters. The summed E-state index contributed by atoms with van der Waals surface area (Å²) in [6.45, 7) is 3.20. The van der Waals surface area contributed by atoms with E-state index >= 15 is 0 Å². The molecular weight excluding hydrogens is 304 g/mol. The van der Waals surface area contributed by atoms with Gasteiger partial charge in [-0.05, 0) is 48.2 Å². The first-order chi connectivity index (χ1) is 9.70. The summed E-state index contributed by atoms with van der Waals surface area (Å²) in [6, 6.07) is 7.97. The number of halogens is 5. The van der Waals surface area contributed by atoms with E-state index in [9.17, 15) is 17.6 Å². The monoisotopic (exact) mass is 316 g/mol. The largest absolute Gasteiger partial charge is 0.416 e. The summed E-state index contributed by atoms with van der Waals surface area (Å²) in [7, 11) is 0. The van der Waals surface area contributed by atoms with Crippen LogP contribution in [0, 0.1) is 19.7 Å². The number of hydrogen-bond donors (Lipinski definition) is 0. The van der Waals surface area contributed by atoms with Crippen molar-refractivity contribution >= 4 is 11.6 Å². The van der Waals surface area contributed by atoms with Crippen molar-refractivity contribution in [1.29, 1.82) is 0 Å². The van der Waals surface area contributed by atoms with E-state index in [-0.39, 0.29) is 5.82 Å². The van der Waals surface area contributed by atoms with Crippen LogP contribution in [0.5, 0.6) is 0 Å². The fraction of sp³-hybridized carbons (Fsp3) is 0.250. The van der Waals surface area contributed by atoms with E-state index in [0.717, 1.165) is 12.1 Å². The smallest absolute Gasteiger partial charge is 0.206 e. The van der Waals surface area contributed by atoms with Crippen molar-refractivity contribution in [3.05, 3.63) is 70.0 Å². The molecule has 112 valence electrons. The van der Waals surface area contributed by atoms with Crippen LogP contribution < -0.4 is 0 Å². The van der Waals surface area contributed by atoms with Crippen molar-refractivity contribution in [1.82, 2.24) is 0 Å². The Morgan fingerprint density at radius 1 is 0.952 bits per heavy atom. The third-order valence-corrected chi connectivity index (χ3v) is 3.76. The lowest BCUT2D eigenvalue weighted by molar-refractivity contribution is -0.137. The Balaban J connectivity index is 2.43. The van der Waals surface area contributed by atoms with Crippen molar-refractivity contribution in [3.63, 3.8) is 0 Å². The quantitative estimate of drug-likeness (QED) is 0.486. The van der Waals surface area contributed by atoms with Gasteiger partial charge in [-0.2, -0.15) is 13.2 Å². The average molecular weight is 317 g/mol. The van der Waals surface area contributed by atoms with Crippen LogP contribution in [0.15, 0.2) is 36.4 Å². The van der Waals surface area contributed by atoms with Gasteiger partial charge in [0.25, 0.3) is 0 Å². The van der Waals surface area contributed by atoms with Crippen molar-refractivity contribution in [3.8, 4) is 0 Å². The third kappa shape index (κ3) is 3.38. The van der Waals surface area contributed by atoms with Crippen LogP contribution in [0.2, 0.25) is 0 Å². The molecule has 0 N–H and O–H groups in total. The van der Waals surface area contributed by atoms with Gasteiger partial charge < -0.3 is 0 Å². The van der Waals surface area contributed by atoms with Gasteiger partial charge in [-0.25, -0.2) is 4.39 Å². The fourth-order valence-electron chi connectivity index (χ4n) is 2.19. The van der Waals surface area contributed by atoms with Gasteiger partial charge in [0.05, 0.1) is 10.9 Å². The summed E-state index contributed by atoms with van der Waals surface area (Å²) < 4.78 is 51.8. The van der Waals surface area contributed by atoms with Gasteiger partial charge in [0.15, 0.2) is 0 Å². The highest BCUT2D eigenvalue weighted by Gasteiger charge is 2.31. The second-order valence-electron chi connectivity index (χ2n) is 4.95. The van der Waals surface area contributed by atoms with E-state index in [2.05, 4.69) is 0 Å². The predicted octanol–water partition coefficient (Wildman–Crippen LogP) is 5.79. The number of rotatable bonds is 2. The van der Waals surface area contributed by atoms with Gasteiger partial charge in [-0.15, -0.1) is 11.6 Å². The lowest BCUT2D eigenvalue weighted by atomic mass is 9.98. The Bertz CT molecular complexity index is 639. The van der Waals surface area contributed by atoms with Gasteiger partial charge >= 0.3 is 6.18 Å². The second-order valence-corrected chi connectivity index (χ2v) is 5.39. The first kappa shape index (κ1) is 15.8. The van der Waals surface area contributed by atoms with E-state index in [1.54, 1.807) is 26.0 Å². The average Bonchev–Trinajstić information content (AvgIpc) is 2.42. The molecule has 0 aromatic heterocycles. The summed E-state index contributed by atoms with van der Waals surface area (Å²) in [5.41, 5.74) is 0.996.